The molecule has 0 heterocycles. The fourth-order valence-corrected chi connectivity index (χ4v) is 1.24. The summed E-state index contributed by atoms with van der Waals surface area (Å²) in [5.74, 6) is -4.14. The van der Waals surface area contributed by atoms with Gasteiger partial charge < -0.3 is 29.7 Å². The molecule has 2 unspecified atom stereocenters. The first-order chi connectivity index (χ1) is 8.85. The highest BCUT2D eigenvalue weighted by Gasteiger charge is 2.15. The third-order valence-corrected chi connectivity index (χ3v) is 2.06. The van der Waals surface area contributed by atoms with Crippen molar-refractivity contribution in [1.82, 2.24) is 0 Å². The predicted octanol–water partition coefficient (Wildman–Crippen LogP) is -1.62. The van der Waals surface area contributed by atoms with Crippen molar-refractivity contribution in [3.63, 3.8) is 0 Å². The summed E-state index contributed by atoms with van der Waals surface area (Å²) < 4.78 is 0.550. The third-order valence-electron chi connectivity index (χ3n) is 2.06. The second kappa shape index (κ2) is 9.27. The molecule has 0 fully saturated rings. The van der Waals surface area contributed by atoms with Crippen LogP contribution in [0.4, 0.5) is 0 Å². The van der Waals surface area contributed by atoms with Crippen LogP contribution in [-0.2, 0) is 14.4 Å². The fraction of sp³-hybridized carbons (Fsp3) is 0.750. The zero-order valence-corrected chi connectivity index (χ0v) is 12.2. The van der Waals surface area contributed by atoms with E-state index in [4.69, 9.17) is 15.3 Å². The number of carbonyl (C=O) groups excluding carboxylic acids is 1. The smallest absolute Gasteiger partial charge is 0.306 e. The van der Waals surface area contributed by atoms with E-state index in [-0.39, 0.29) is 12.8 Å². The average Bonchev–Trinajstić information content (AvgIpc) is 2.12. The van der Waals surface area contributed by atoms with Crippen molar-refractivity contribution in [1.29, 1.82) is 0 Å². The van der Waals surface area contributed by atoms with E-state index in [9.17, 15) is 19.5 Å². The highest BCUT2D eigenvalue weighted by molar-refractivity contribution is 5.77. The number of hydrogen-bond acceptors (Lipinski definition) is 5. The minimum atomic E-state index is -1.20. The molecule has 0 aromatic heterocycles. The SMILES string of the molecule is CC(CC(=O)O)C(=O)O.C[N+](C)(C)CC(O)CC(=O)[O-]. The summed E-state index contributed by atoms with van der Waals surface area (Å²) in [4.78, 5) is 29.8. The van der Waals surface area contributed by atoms with Gasteiger partial charge in [0.25, 0.3) is 0 Å². The van der Waals surface area contributed by atoms with Crippen molar-refractivity contribution in [2.45, 2.75) is 25.9 Å². The van der Waals surface area contributed by atoms with Gasteiger partial charge in [0.2, 0.25) is 0 Å². The minimum absolute atomic E-state index is 0.282. The summed E-state index contributed by atoms with van der Waals surface area (Å²) in [5.41, 5.74) is 0. The molecule has 118 valence electrons. The number of hydrogen-bond donors (Lipinski definition) is 3. The molecule has 2 atom stereocenters. The molecule has 0 amide bonds. The van der Waals surface area contributed by atoms with Crippen molar-refractivity contribution in [2.24, 2.45) is 5.92 Å². The molecule has 8 heteroatoms. The molecule has 0 saturated carbocycles. The number of quaternary nitrogens is 1. The largest absolute Gasteiger partial charge is 0.550 e. The number of nitrogens with zero attached hydrogens (tertiary/aromatic N) is 1. The van der Waals surface area contributed by atoms with Crippen LogP contribution in [-0.4, -0.2) is 71.5 Å². The van der Waals surface area contributed by atoms with Crippen LogP contribution in [0.25, 0.3) is 0 Å². The standard InChI is InChI=1S/C7H15NO3.C5H8O4/c1-8(2,3)5-6(9)4-7(10)11;1-3(5(8)9)2-4(6)7/h6,9H,4-5H2,1-3H3;3H,2H2,1H3,(H,6,7)(H,8,9). The van der Waals surface area contributed by atoms with E-state index in [1.807, 2.05) is 21.1 Å². The second-order valence-electron chi connectivity index (χ2n) is 5.54. The molecule has 0 spiro atoms. The van der Waals surface area contributed by atoms with Gasteiger partial charge in [-0.25, -0.2) is 0 Å². The molecule has 0 aromatic rings. The van der Waals surface area contributed by atoms with E-state index < -0.39 is 29.9 Å². The van der Waals surface area contributed by atoms with Gasteiger partial charge in [0, 0.05) is 12.4 Å². The Balaban J connectivity index is 0. The molecule has 0 aliphatic rings. The molecule has 20 heavy (non-hydrogen) atoms. The quantitative estimate of drug-likeness (QED) is 0.480. The first-order valence-electron chi connectivity index (χ1n) is 5.98. The highest BCUT2D eigenvalue weighted by Crippen LogP contribution is 2.00. The number of carboxylic acid groups (broad SMARTS) is 3. The maximum atomic E-state index is 10.0. The van der Waals surface area contributed by atoms with Gasteiger partial charge in [-0.05, 0) is 0 Å². The molecule has 0 aromatic carbocycles. The van der Waals surface area contributed by atoms with E-state index >= 15 is 0 Å². The average molecular weight is 293 g/mol. The van der Waals surface area contributed by atoms with Crippen LogP contribution in [0, 0.1) is 5.92 Å². The zero-order chi connectivity index (χ0) is 16.5. The van der Waals surface area contributed by atoms with Crippen molar-refractivity contribution in [3.05, 3.63) is 0 Å². The van der Waals surface area contributed by atoms with Gasteiger partial charge in [-0.1, -0.05) is 6.92 Å². The Labute approximate surface area is 117 Å². The Bertz CT molecular complexity index is 335. The van der Waals surface area contributed by atoms with Crippen molar-refractivity contribution in [3.8, 4) is 0 Å². The second-order valence-corrected chi connectivity index (χ2v) is 5.54. The number of carboxylic acids is 3. The van der Waals surface area contributed by atoms with Gasteiger partial charge in [0.1, 0.15) is 12.6 Å². The highest BCUT2D eigenvalue weighted by atomic mass is 16.4. The normalized spacial score (nSPS) is 13.7. The maximum Gasteiger partial charge on any atom is 0.306 e. The molecule has 3 N–H and O–H groups in total. The Morgan fingerprint density at radius 1 is 1.10 bits per heavy atom. The van der Waals surface area contributed by atoms with Crippen LogP contribution in [0.2, 0.25) is 0 Å². The lowest BCUT2D eigenvalue weighted by molar-refractivity contribution is -0.873. The lowest BCUT2D eigenvalue weighted by Gasteiger charge is -2.26. The fourth-order valence-electron chi connectivity index (χ4n) is 1.24. The lowest BCUT2D eigenvalue weighted by atomic mass is 10.1. The number of aliphatic hydroxyl groups is 1. The van der Waals surface area contributed by atoms with Crippen LogP contribution in [0.15, 0.2) is 0 Å². The van der Waals surface area contributed by atoms with Gasteiger partial charge in [-0.3, -0.25) is 9.59 Å². The van der Waals surface area contributed by atoms with Crippen LogP contribution >= 0.6 is 0 Å². The monoisotopic (exact) mass is 293 g/mol. The molecule has 0 radical (unpaired) electrons. The summed E-state index contributed by atoms with van der Waals surface area (Å²) in [7, 11) is 5.66. The van der Waals surface area contributed by atoms with Gasteiger partial charge in [0.15, 0.2) is 0 Å². The summed E-state index contributed by atoms with van der Waals surface area (Å²) >= 11 is 0. The molecular formula is C12H23NO7. The van der Waals surface area contributed by atoms with Gasteiger partial charge in [-0.2, -0.15) is 0 Å². The third kappa shape index (κ3) is 16.3. The number of aliphatic hydroxyl groups excluding tert-OH is 1. The first kappa shape index (κ1) is 20.6. The number of carbonyl (C=O) groups is 3. The lowest BCUT2D eigenvalue weighted by Crippen LogP contribution is -2.43. The van der Waals surface area contributed by atoms with Crippen LogP contribution in [0.1, 0.15) is 19.8 Å². The minimum Gasteiger partial charge on any atom is -0.550 e. The molecule has 0 rings (SSSR count). The Morgan fingerprint density at radius 3 is 1.75 bits per heavy atom. The Morgan fingerprint density at radius 2 is 1.55 bits per heavy atom. The van der Waals surface area contributed by atoms with E-state index in [0.29, 0.717) is 11.0 Å². The van der Waals surface area contributed by atoms with Gasteiger partial charge in [-0.15, -0.1) is 0 Å². The first-order valence-corrected chi connectivity index (χ1v) is 5.98. The van der Waals surface area contributed by atoms with E-state index in [0.717, 1.165) is 0 Å². The zero-order valence-electron chi connectivity index (χ0n) is 12.2. The molecule has 0 saturated heterocycles. The summed E-state index contributed by atoms with van der Waals surface area (Å²) in [5, 5.41) is 35.4. The van der Waals surface area contributed by atoms with E-state index in [1.54, 1.807) is 0 Å². The molecule has 0 bridgehead atoms. The summed E-state index contributed by atoms with van der Waals surface area (Å²) in [6, 6.07) is 0. The van der Waals surface area contributed by atoms with Crippen LogP contribution in [0.5, 0.6) is 0 Å². The molecule has 8 nitrogen and oxygen atoms in total. The molecular weight excluding hydrogens is 270 g/mol. The van der Waals surface area contributed by atoms with Crippen molar-refractivity contribution in [2.75, 3.05) is 27.7 Å². The van der Waals surface area contributed by atoms with Crippen molar-refractivity contribution < 1.29 is 39.3 Å². The number of aliphatic carboxylic acids is 3. The summed E-state index contributed by atoms with van der Waals surface area (Å²) in [6.07, 6.45) is -1.40. The predicted molar refractivity (Wildman–Crippen MR) is 67.6 cm³/mol. The van der Waals surface area contributed by atoms with Crippen LogP contribution in [0.3, 0.4) is 0 Å². The summed E-state index contributed by atoms with van der Waals surface area (Å²) in [6.45, 7) is 1.78. The van der Waals surface area contributed by atoms with Gasteiger partial charge >= 0.3 is 11.9 Å². The van der Waals surface area contributed by atoms with Crippen LogP contribution < -0.4 is 5.11 Å². The molecule has 0 aliphatic heterocycles. The number of rotatable bonds is 7. The van der Waals surface area contributed by atoms with E-state index in [2.05, 4.69) is 0 Å². The van der Waals surface area contributed by atoms with Crippen molar-refractivity contribution >= 4 is 17.9 Å². The Hall–Kier alpha value is -1.67. The van der Waals surface area contributed by atoms with E-state index in [1.165, 1.54) is 6.92 Å². The van der Waals surface area contributed by atoms with Gasteiger partial charge in [0.05, 0.1) is 33.5 Å². The topological polar surface area (TPSA) is 135 Å². The molecule has 0 aliphatic carbocycles. The Kier molecular flexibility index (Phi) is 9.57. The maximum absolute atomic E-state index is 10.0. The number of likely N-dealkylation sites (N-methyl/N-ethyl adjacent to an activating group) is 1.